The molecule has 4 heteroatoms. The number of rotatable bonds is 2. The van der Waals surface area contributed by atoms with Gasteiger partial charge in [0.25, 0.3) is 5.56 Å². The molecule has 1 aromatic heterocycles. The summed E-state index contributed by atoms with van der Waals surface area (Å²) in [6, 6.07) is 15.8. The minimum Gasteiger partial charge on any atom is -0.274 e. The van der Waals surface area contributed by atoms with Gasteiger partial charge in [-0.3, -0.25) is 9.48 Å². The molecule has 0 aliphatic heterocycles. The van der Waals surface area contributed by atoms with E-state index in [1.165, 1.54) is 19.3 Å². The van der Waals surface area contributed by atoms with Crippen LogP contribution in [-0.2, 0) is 0 Å². The van der Waals surface area contributed by atoms with Crippen LogP contribution in [0.3, 0.4) is 0 Å². The van der Waals surface area contributed by atoms with E-state index in [0.29, 0.717) is 11.5 Å². The van der Waals surface area contributed by atoms with E-state index in [-0.39, 0.29) is 5.56 Å². The predicted molar refractivity (Wildman–Crippen MR) is 95.0 cm³/mol. The van der Waals surface area contributed by atoms with Crippen molar-refractivity contribution < 1.29 is 0 Å². The summed E-state index contributed by atoms with van der Waals surface area (Å²) in [7, 11) is 6.00. The maximum atomic E-state index is 13.0. The quantitative estimate of drug-likeness (QED) is 0.668. The Morgan fingerprint density at radius 3 is 2.43 bits per heavy atom. The molecule has 23 heavy (non-hydrogen) atoms. The summed E-state index contributed by atoms with van der Waals surface area (Å²) < 4.78 is 4.02. The summed E-state index contributed by atoms with van der Waals surface area (Å²) in [6.07, 6.45) is 5.95. The highest BCUT2D eigenvalue weighted by molar-refractivity contribution is 6.33. The average molecular weight is 302 g/mol. The zero-order valence-electron chi connectivity index (χ0n) is 13.1. The summed E-state index contributed by atoms with van der Waals surface area (Å²) in [5.74, 6) is 0. The van der Waals surface area contributed by atoms with Crippen molar-refractivity contribution in [3.63, 3.8) is 0 Å². The first kappa shape index (κ1) is 14.4. The van der Waals surface area contributed by atoms with Gasteiger partial charge in [0.15, 0.2) is 0 Å². The fourth-order valence-electron chi connectivity index (χ4n) is 3.74. The minimum atomic E-state index is 0.0387. The second-order valence-corrected chi connectivity index (χ2v) is 6.37. The first-order valence-electron chi connectivity index (χ1n) is 8.34. The maximum Gasteiger partial charge on any atom is 0.279 e. The Hall–Kier alpha value is -2.23. The normalized spacial score (nSPS) is 16.0. The Balaban J connectivity index is 2.03. The minimum absolute atomic E-state index is 0.0387. The summed E-state index contributed by atoms with van der Waals surface area (Å²) in [5, 5.41) is 0.744. The van der Waals surface area contributed by atoms with Gasteiger partial charge < -0.3 is 0 Å². The van der Waals surface area contributed by atoms with Crippen LogP contribution in [0.4, 0.5) is 0 Å². The van der Waals surface area contributed by atoms with E-state index in [1.807, 2.05) is 53.2 Å². The summed E-state index contributed by atoms with van der Waals surface area (Å²) in [6.45, 7) is 0. The topological polar surface area (TPSA) is 26.9 Å². The number of aromatic nitrogens is 2. The molecule has 0 amide bonds. The third-order valence-corrected chi connectivity index (χ3v) is 4.83. The SMILES string of the molecule is [B]c1ccc2c(=O)n(-c3ccccc3)n(C3CCCCC3)c2c1. The molecule has 0 N–H and O–H groups in total. The van der Waals surface area contributed by atoms with Gasteiger partial charge in [0.2, 0.25) is 0 Å². The lowest BCUT2D eigenvalue weighted by atomic mass is 9.94. The highest BCUT2D eigenvalue weighted by Crippen LogP contribution is 2.31. The summed E-state index contributed by atoms with van der Waals surface area (Å²) >= 11 is 0. The fraction of sp³-hybridized carbons (Fsp3) is 0.316. The molecule has 3 nitrogen and oxygen atoms in total. The van der Waals surface area contributed by atoms with Gasteiger partial charge in [0.05, 0.1) is 22.6 Å². The molecule has 1 heterocycles. The lowest BCUT2D eigenvalue weighted by molar-refractivity contribution is 0.319. The summed E-state index contributed by atoms with van der Waals surface area (Å²) in [4.78, 5) is 13.0. The fourth-order valence-corrected chi connectivity index (χ4v) is 3.74. The molecule has 1 fully saturated rings. The van der Waals surface area contributed by atoms with Crippen molar-refractivity contribution in [3.05, 3.63) is 58.9 Å². The Morgan fingerprint density at radius 1 is 0.957 bits per heavy atom. The van der Waals surface area contributed by atoms with E-state index in [1.54, 1.807) is 0 Å². The van der Waals surface area contributed by atoms with E-state index in [2.05, 4.69) is 4.68 Å². The number of hydrogen-bond donors (Lipinski definition) is 0. The van der Waals surface area contributed by atoms with Crippen LogP contribution in [0.15, 0.2) is 53.3 Å². The molecule has 0 saturated heterocycles. The summed E-state index contributed by atoms with van der Waals surface area (Å²) in [5.41, 5.74) is 2.60. The van der Waals surface area contributed by atoms with Crippen molar-refractivity contribution in [3.8, 4) is 5.69 Å². The lowest BCUT2D eigenvalue weighted by Gasteiger charge is -2.26. The molecule has 0 unspecified atom stereocenters. The van der Waals surface area contributed by atoms with Gasteiger partial charge in [0, 0.05) is 0 Å². The third kappa shape index (κ3) is 2.42. The van der Waals surface area contributed by atoms with Crippen LogP contribution in [-0.4, -0.2) is 17.2 Å². The maximum absolute atomic E-state index is 13.0. The van der Waals surface area contributed by atoms with Crippen molar-refractivity contribution in [2.45, 2.75) is 38.1 Å². The molecular formula is C19H19BN2O. The number of para-hydroxylation sites is 1. The van der Waals surface area contributed by atoms with E-state index in [0.717, 1.165) is 29.4 Å². The van der Waals surface area contributed by atoms with Crippen molar-refractivity contribution in [1.82, 2.24) is 9.36 Å². The van der Waals surface area contributed by atoms with Gasteiger partial charge in [0.1, 0.15) is 7.85 Å². The number of nitrogens with zero attached hydrogens (tertiary/aromatic N) is 2. The van der Waals surface area contributed by atoms with Crippen LogP contribution in [0.5, 0.6) is 0 Å². The molecule has 114 valence electrons. The van der Waals surface area contributed by atoms with Crippen molar-refractivity contribution in [2.75, 3.05) is 0 Å². The van der Waals surface area contributed by atoms with E-state index in [4.69, 9.17) is 7.85 Å². The van der Waals surface area contributed by atoms with Gasteiger partial charge in [-0.25, -0.2) is 4.68 Å². The van der Waals surface area contributed by atoms with Crippen LogP contribution < -0.4 is 11.0 Å². The molecular weight excluding hydrogens is 283 g/mol. The smallest absolute Gasteiger partial charge is 0.274 e. The van der Waals surface area contributed by atoms with E-state index in [9.17, 15) is 4.79 Å². The second kappa shape index (κ2) is 5.76. The zero-order chi connectivity index (χ0) is 15.8. The Kier molecular flexibility index (Phi) is 3.60. The first-order valence-corrected chi connectivity index (χ1v) is 8.34. The zero-order valence-corrected chi connectivity index (χ0v) is 13.1. The molecule has 3 aromatic rings. The largest absolute Gasteiger partial charge is 0.279 e. The molecule has 0 spiro atoms. The van der Waals surface area contributed by atoms with Gasteiger partial charge in [-0.05, 0) is 37.1 Å². The molecule has 0 atom stereocenters. The molecule has 2 aromatic carbocycles. The van der Waals surface area contributed by atoms with Crippen LogP contribution in [0.2, 0.25) is 0 Å². The van der Waals surface area contributed by atoms with Gasteiger partial charge in [-0.1, -0.05) is 49.0 Å². The van der Waals surface area contributed by atoms with Gasteiger partial charge >= 0.3 is 0 Å². The van der Waals surface area contributed by atoms with Crippen molar-refractivity contribution in [2.24, 2.45) is 0 Å². The Bertz CT molecular complexity index is 889. The van der Waals surface area contributed by atoms with Crippen molar-refractivity contribution in [1.29, 1.82) is 0 Å². The predicted octanol–water partition coefficient (Wildman–Crippen LogP) is 3.09. The highest BCUT2D eigenvalue weighted by Gasteiger charge is 2.23. The molecule has 1 aliphatic rings. The molecule has 1 saturated carbocycles. The van der Waals surface area contributed by atoms with Crippen LogP contribution in [0, 0.1) is 0 Å². The van der Waals surface area contributed by atoms with Crippen LogP contribution in [0.25, 0.3) is 16.6 Å². The molecule has 4 rings (SSSR count). The van der Waals surface area contributed by atoms with E-state index >= 15 is 0 Å². The number of benzene rings is 2. The van der Waals surface area contributed by atoms with Crippen LogP contribution in [0.1, 0.15) is 38.1 Å². The van der Waals surface area contributed by atoms with Crippen LogP contribution >= 0.6 is 0 Å². The molecule has 2 radical (unpaired) electrons. The first-order chi connectivity index (χ1) is 11.3. The standard InChI is InChI=1S/C19H19BN2O/c20-14-11-12-17-18(13-14)21(15-7-3-1-4-8-15)22(19(17)23)16-9-5-2-6-10-16/h2,5-6,9-13,15H,1,3-4,7-8H2. The Labute approximate surface area is 136 Å². The molecule has 1 aliphatic carbocycles. The number of hydrogen-bond acceptors (Lipinski definition) is 1. The number of fused-ring (bicyclic) bond motifs is 1. The lowest BCUT2D eigenvalue weighted by Crippen LogP contribution is -2.25. The van der Waals surface area contributed by atoms with Gasteiger partial charge in [-0.2, -0.15) is 0 Å². The monoisotopic (exact) mass is 302 g/mol. The van der Waals surface area contributed by atoms with E-state index < -0.39 is 0 Å². The molecule has 0 bridgehead atoms. The van der Waals surface area contributed by atoms with Gasteiger partial charge in [-0.15, -0.1) is 0 Å². The van der Waals surface area contributed by atoms with Crippen molar-refractivity contribution >= 4 is 24.2 Å². The highest BCUT2D eigenvalue weighted by atomic mass is 16.1. The second-order valence-electron chi connectivity index (χ2n) is 6.37. The average Bonchev–Trinajstić information content (AvgIpc) is 2.88. The Morgan fingerprint density at radius 2 is 1.70 bits per heavy atom. The third-order valence-electron chi connectivity index (χ3n) is 4.83.